The maximum Gasteiger partial charge on any atom is 0.243 e. The van der Waals surface area contributed by atoms with Crippen molar-refractivity contribution in [2.45, 2.75) is 26.7 Å². The third kappa shape index (κ3) is 4.34. The highest BCUT2D eigenvalue weighted by Crippen LogP contribution is 2.27. The van der Waals surface area contributed by atoms with Gasteiger partial charge in [0, 0.05) is 15.8 Å². The Balaban J connectivity index is 2.01. The smallest absolute Gasteiger partial charge is 0.243 e. The van der Waals surface area contributed by atoms with E-state index in [1.54, 1.807) is 0 Å². The van der Waals surface area contributed by atoms with E-state index in [1.807, 2.05) is 24.3 Å². The van der Waals surface area contributed by atoms with Gasteiger partial charge < -0.3 is 10.6 Å². The molecule has 4 heteroatoms. The van der Waals surface area contributed by atoms with Crippen molar-refractivity contribution in [2.24, 2.45) is 0 Å². The first kappa shape index (κ1) is 16.6. The van der Waals surface area contributed by atoms with E-state index in [1.165, 1.54) is 5.56 Å². The minimum Gasteiger partial charge on any atom is -0.376 e. The molecule has 2 aromatic carbocycles. The van der Waals surface area contributed by atoms with Gasteiger partial charge in [0.05, 0.1) is 6.54 Å². The van der Waals surface area contributed by atoms with Crippen LogP contribution in [0.15, 0.2) is 46.9 Å². The minimum absolute atomic E-state index is 0.0553. The van der Waals surface area contributed by atoms with E-state index < -0.39 is 0 Å². The number of carbonyl (C=O) groups excluding carboxylic acids is 1. The second kappa shape index (κ2) is 7.45. The standard InChI is InChI=1S/C18H21BrN2O/c1-12(2)16-6-4-5-13(3)18(16)20-11-17(22)21-15-9-7-14(19)8-10-15/h4-10,12,20H,11H2,1-3H3,(H,21,22). The highest BCUT2D eigenvalue weighted by Gasteiger charge is 2.10. The first-order chi connectivity index (χ1) is 10.5. The van der Waals surface area contributed by atoms with Crippen LogP contribution in [0.5, 0.6) is 0 Å². The topological polar surface area (TPSA) is 41.1 Å². The van der Waals surface area contributed by atoms with Crippen LogP contribution in [0.2, 0.25) is 0 Å². The zero-order chi connectivity index (χ0) is 16.1. The number of hydrogen-bond donors (Lipinski definition) is 2. The van der Waals surface area contributed by atoms with E-state index in [-0.39, 0.29) is 12.5 Å². The van der Waals surface area contributed by atoms with E-state index in [2.05, 4.69) is 65.5 Å². The molecule has 2 N–H and O–H groups in total. The summed E-state index contributed by atoms with van der Waals surface area (Å²) in [6, 6.07) is 13.8. The van der Waals surface area contributed by atoms with Crippen LogP contribution in [0.4, 0.5) is 11.4 Å². The second-order valence-corrected chi connectivity index (χ2v) is 6.52. The summed E-state index contributed by atoms with van der Waals surface area (Å²) in [4.78, 5) is 12.1. The van der Waals surface area contributed by atoms with Crippen molar-refractivity contribution < 1.29 is 4.79 Å². The van der Waals surface area contributed by atoms with E-state index in [0.29, 0.717) is 5.92 Å². The fourth-order valence-electron chi connectivity index (χ4n) is 2.32. The van der Waals surface area contributed by atoms with Crippen LogP contribution in [0.25, 0.3) is 0 Å². The van der Waals surface area contributed by atoms with Crippen LogP contribution in [0.1, 0.15) is 30.9 Å². The van der Waals surface area contributed by atoms with Crippen molar-refractivity contribution in [3.05, 3.63) is 58.1 Å². The van der Waals surface area contributed by atoms with Crippen molar-refractivity contribution in [1.29, 1.82) is 0 Å². The summed E-state index contributed by atoms with van der Waals surface area (Å²) in [5.74, 6) is 0.359. The van der Waals surface area contributed by atoms with Gasteiger partial charge in [-0.05, 0) is 48.2 Å². The molecule has 0 bridgehead atoms. The van der Waals surface area contributed by atoms with Gasteiger partial charge in [-0.3, -0.25) is 4.79 Å². The fourth-order valence-corrected chi connectivity index (χ4v) is 2.58. The molecule has 0 aromatic heterocycles. The molecule has 2 rings (SSSR count). The molecule has 116 valence electrons. The molecule has 0 radical (unpaired) electrons. The Labute approximate surface area is 140 Å². The highest BCUT2D eigenvalue weighted by atomic mass is 79.9. The number of aryl methyl sites for hydroxylation is 1. The van der Waals surface area contributed by atoms with Gasteiger partial charge >= 0.3 is 0 Å². The minimum atomic E-state index is -0.0553. The summed E-state index contributed by atoms with van der Waals surface area (Å²) < 4.78 is 0.991. The number of carbonyl (C=O) groups is 1. The quantitative estimate of drug-likeness (QED) is 0.793. The summed E-state index contributed by atoms with van der Waals surface area (Å²) in [5.41, 5.74) is 4.24. The summed E-state index contributed by atoms with van der Waals surface area (Å²) in [6.45, 7) is 6.62. The first-order valence-electron chi connectivity index (χ1n) is 7.36. The summed E-state index contributed by atoms with van der Waals surface area (Å²) in [5, 5.41) is 6.16. The molecule has 1 amide bonds. The van der Waals surface area contributed by atoms with Crippen molar-refractivity contribution in [1.82, 2.24) is 0 Å². The number of rotatable bonds is 5. The van der Waals surface area contributed by atoms with Gasteiger partial charge in [-0.25, -0.2) is 0 Å². The molecule has 0 saturated carbocycles. The molecular weight excluding hydrogens is 340 g/mol. The Hall–Kier alpha value is -1.81. The number of anilines is 2. The normalized spacial score (nSPS) is 10.6. The molecule has 0 aliphatic rings. The molecule has 0 atom stereocenters. The van der Waals surface area contributed by atoms with E-state index in [0.717, 1.165) is 21.4 Å². The van der Waals surface area contributed by atoms with Gasteiger partial charge in [-0.1, -0.05) is 48.0 Å². The summed E-state index contributed by atoms with van der Waals surface area (Å²) in [7, 11) is 0. The number of amides is 1. The fraction of sp³-hybridized carbons (Fsp3) is 0.278. The zero-order valence-electron chi connectivity index (χ0n) is 13.1. The largest absolute Gasteiger partial charge is 0.376 e. The van der Waals surface area contributed by atoms with Crippen molar-refractivity contribution >= 4 is 33.2 Å². The predicted octanol–water partition coefficient (Wildman–Crippen LogP) is 4.93. The van der Waals surface area contributed by atoms with Gasteiger partial charge in [0.15, 0.2) is 0 Å². The number of halogens is 1. The van der Waals surface area contributed by atoms with E-state index >= 15 is 0 Å². The van der Waals surface area contributed by atoms with E-state index in [9.17, 15) is 4.79 Å². The van der Waals surface area contributed by atoms with Crippen LogP contribution in [0, 0.1) is 6.92 Å². The van der Waals surface area contributed by atoms with Crippen molar-refractivity contribution in [3.63, 3.8) is 0 Å². The molecule has 0 saturated heterocycles. The molecule has 0 aliphatic carbocycles. The molecule has 2 aromatic rings. The molecule has 0 heterocycles. The SMILES string of the molecule is Cc1cccc(C(C)C)c1NCC(=O)Nc1ccc(Br)cc1. The molecule has 0 fully saturated rings. The number of para-hydroxylation sites is 1. The Kier molecular flexibility index (Phi) is 5.61. The molecule has 3 nitrogen and oxygen atoms in total. The molecule has 22 heavy (non-hydrogen) atoms. The van der Waals surface area contributed by atoms with Crippen LogP contribution in [-0.2, 0) is 4.79 Å². The Bertz CT molecular complexity index is 651. The van der Waals surface area contributed by atoms with Crippen molar-refractivity contribution in [3.8, 4) is 0 Å². The lowest BCUT2D eigenvalue weighted by Gasteiger charge is -2.17. The predicted molar refractivity (Wildman–Crippen MR) is 96.5 cm³/mol. The lowest BCUT2D eigenvalue weighted by Crippen LogP contribution is -2.22. The Morgan fingerprint density at radius 1 is 1.14 bits per heavy atom. The molecular formula is C18H21BrN2O. The number of nitrogens with one attached hydrogen (secondary N) is 2. The maximum absolute atomic E-state index is 12.1. The zero-order valence-corrected chi connectivity index (χ0v) is 14.7. The Morgan fingerprint density at radius 2 is 1.82 bits per heavy atom. The van der Waals surface area contributed by atoms with Gasteiger partial charge in [-0.15, -0.1) is 0 Å². The van der Waals surface area contributed by atoms with Crippen LogP contribution in [-0.4, -0.2) is 12.5 Å². The van der Waals surface area contributed by atoms with Crippen LogP contribution >= 0.6 is 15.9 Å². The monoisotopic (exact) mass is 360 g/mol. The number of benzene rings is 2. The lowest BCUT2D eigenvalue weighted by molar-refractivity contribution is -0.114. The van der Waals surface area contributed by atoms with Gasteiger partial charge in [-0.2, -0.15) is 0 Å². The van der Waals surface area contributed by atoms with Gasteiger partial charge in [0.25, 0.3) is 0 Å². The summed E-state index contributed by atoms with van der Waals surface area (Å²) >= 11 is 3.38. The third-order valence-electron chi connectivity index (χ3n) is 3.48. The van der Waals surface area contributed by atoms with Crippen LogP contribution < -0.4 is 10.6 Å². The Morgan fingerprint density at radius 3 is 2.45 bits per heavy atom. The van der Waals surface area contributed by atoms with Crippen LogP contribution in [0.3, 0.4) is 0 Å². The maximum atomic E-state index is 12.1. The second-order valence-electron chi connectivity index (χ2n) is 5.60. The first-order valence-corrected chi connectivity index (χ1v) is 8.15. The number of hydrogen-bond acceptors (Lipinski definition) is 2. The molecule has 0 unspecified atom stereocenters. The molecule has 0 aliphatic heterocycles. The highest BCUT2D eigenvalue weighted by molar-refractivity contribution is 9.10. The van der Waals surface area contributed by atoms with E-state index in [4.69, 9.17) is 0 Å². The van der Waals surface area contributed by atoms with Crippen molar-refractivity contribution in [2.75, 3.05) is 17.2 Å². The third-order valence-corrected chi connectivity index (χ3v) is 4.01. The summed E-state index contributed by atoms with van der Waals surface area (Å²) in [6.07, 6.45) is 0. The van der Waals surface area contributed by atoms with Gasteiger partial charge in [0.2, 0.25) is 5.91 Å². The average Bonchev–Trinajstić information content (AvgIpc) is 2.48. The average molecular weight is 361 g/mol. The van der Waals surface area contributed by atoms with Gasteiger partial charge in [0.1, 0.15) is 0 Å². The lowest BCUT2D eigenvalue weighted by atomic mass is 9.98. The molecule has 0 spiro atoms.